The Hall–Kier alpha value is -3.51. The second-order valence-corrected chi connectivity index (χ2v) is 9.73. The van der Waals surface area contributed by atoms with Crippen molar-refractivity contribution in [2.45, 2.75) is 25.4 Å². The standard InChI is InChI=1S/C29H27F2N3O/c30-25-6-3-21(4-7-25)29(35)34(28-18-33-13-10-20(28)11-14-33)17-24-15-22(5-8-26(24)31)23-2-1-19-9-12-32-27(19)16-23/h1-9,12,15-16,20,28,32H,10-11,13-14,17-18H2/t28-/m0/s1. The second kappa shape index (κ2) is 8.93. The van der Waals surface area contributed by atoms with E-state index in [-0.39, 0.29) is 30.1 Å². The first-order valence-corrected chi connectivity index (χ1v) is 12.2. The molecule has 4 heterocycles. The first-order chi connectivity index (χ1) is 17.0. The van der Waals surface area contributed by atoms with Crippen LogP contribution >= 0.6 is 0 Å². The molecule has 3 fully saturated rings. The molecule has 1 atom stereocenters. The zero-order valence-corrected chi connectivity index (χ0v) is 19.4. The smallest absolute Gasteiger partial charge is 0.254 e. The highest BCUT2D eigenvalue weighted by Crippen LogP contribution is 2.34. The Morgan fingerprint density at radius 1 is 0.943 bits per heavy atom. The molecular formula is C29H27F2N3O. The number of amides is 1. The molecule has 0 aliphatic carbocycles. The lowest BCUT2D eigenvalue weighted by molar-refractivity contribution is 0.00434. The van der Waals surface area contributed by atoms with Crippen LogP contribution in [0.25, 0.3) is 22.0 Å². The normalized spacial score (nSPS) is 21.4. The molecule has 2 bridgehead atoms. The molecule has 0 spiro atoms. The Labute approximate surface area is 203 Å². The van der Waals surface area contributed by atoms with Crippen molar-refractivity contribution < 1.29 is 13.6 Å². The van der Waals surface area contributed by atoms with Crippen LogP contribution in [0, 0.1) is 17.6 Å². The molecule has 0 unspecified atom stereocenters. The SMILES string of the molecule is O=C(c1ccc(F)cc1)N(Cc1cc(-c2ccc3cc[nH]c3c2)ccc1F)[C@H]1CN2CCC1CC2. The molecule has 7 rings (SSSR count). The Balaban J connectivity index is 1.36. The van der Waals surface area contributed by atoms with E-state index in [1.54, 1.807) is 6.07 Å². The van der Waals surface area contributed by atoms with Gasteiger partial charge in [0.05, 0.1) is 0 Å². The molecule has 0 radical (unpaired) electrons. The van der Waals surface area contributed by atoms with Gasteiger partial charge in [0, 0.05) is 42.0 Å². The summed E-state index contributed by atoms with van der Waals surface area (Å²) in [5.74, 6) is -0.492. The molecule has 1 aromatic heterocycles. The van der Waals surface area contributed by atoms with E-state index in [1.807, 2.05) is 35.4 Å². The number of halogens is 2. The molecule has 3 aliphatic heterocycles. The number of H-pyrrole nitrogens is 1. The van der Waals surface area contributed by atoms with Crippen LogP contribution in [0.4, 0.5) is 8.78 Å². The minimum atomic E-state index is -0.381. The van der Waals surface area contributed by atoms with Crippen molar-refractivity contribution in [3.8, 4) is 11.1 Å². The quantitative estimate of drug-likeness (QED) is 0.397. The van der Waals surface area contributed by atoms with Gasteiger partial charge < -0.3 is 14.8 Å². The molecule has 1 amide bonds. The van der Waals surface area contributed by atoms with Gasteiger partial charge in [0.1, 0.15) is 11.6 Å². The lowest BCUT2D eigenvalue weighted by Crippen LogP contribution is -2.58. The predicted molar refractivity (Wildman–Crippen MR) is 133 cm³/mol. The van der Waals surface area contributed by atoms with Gasteiger partial charge in [0.25, 0.3) is 5.91 Å². The van der Waals surface area contributed by atoms with Gasteiger partial charge in [-0.2, -0.15) is 0 Å². The number of nitrogens with one attached hydrogen (secondary N) is 1. The maximum atomic E-state index is 15.1. The summed E-state index contributed by atoms with van der Waals surface area (Å²) in [4.78, 5) is 21.1. The van der Waals surface area contributed by atoms with Crippen LogP contribution in [0.1, 0.15) is 28.8 Å². The summed E-state index contributed by atoms with van der Waals surface area (Å²) in [6.45, 7) is 3.06. The molecule has 35 heavy (non-hydrogen) atoms. The maximum absolute atomic E-state index is 15.1. The number of aromatic nitrogens is 1. The first-order valence-electron chi connectivity index (χ1n) is 12.2. The molecule has 4 nitrogen and oxygen atoms in total. The highest BCUT2D eigenvalue weighted by molar-refractivity contribution is 5.94. The van der Waals surface area contributed by atoms with Gasteiger partial charge >= 0.3 is 0 Å². The summed E-state index contributed by atoms with van der Waals surface area (Å²) in [5.41, 5.74) is 3.83. The topological polar surface area (TPSA) is 39.3 Å². The average Bonchev–Trinajstić information content (AvgIpc) is 3.37. The molecular weight excluding hydrogens is 444 g/mol. The Morgan fingerprint density at radius 2 is 1.69 bits per heavy atom. The summed E-state index contributed by atoms with van der Waals surface area (Å²) in [6, 6.07) is 18.9. The summed E-state index contributed by atoms with van der Waals surface area (Å²) in [7, 11) is 0. The Kier molecular flexibility index (Phi) is 5.61. The van der Waals surface area contributed by atoms with Crippen LogP contribution < -0.4 is 0 Å². The second-order valence-electron chi connectivity index (χ2n) is 9.73. The predicted octanol–water partition coefficient (Wildman–Crippen LogP) is 5.85. The number of rotatable bonds is 5. The third-order valence-electron chi connectivity index (χ3n) is 7.65. The van der Waals surface area contributed by atoms with Gasteiger partial charge in [-0.1, -0.05) is 18.2 Å². The highest BCUT2D eigenvalue weighted by atomic mass is 19.1. The summed E-state index contributed by atoms with van der Waals surface area (Å²) >= 11 is 0. The number of benzene rings is 3. The first kappa shape index (κ1) is 22.0. The van der Waals surface area contributed by atoms with E-state index in [9.17, 15) is 9.18 Å². The van der Waals surface area contributed by atoms with Gasteiger partial charge in [0.15, 0.2) is 0 Å². The van der Waals surface area contributed by atoms with Crippen LogP contribution in [-0.4, -0.2) is 46.4 Å². The van der Waals surface area contributed by atoms with Crippen LogP contribution in [0.3, 0.4) is 0 Å². The number of piperidine rings is 3. The van der Waals surface area contributed by atoms with Gasteiger partial charge in [-0.25, -0.2) is 8.78 Å². The van der Waals surface area contributed by atoms with Crippen molar-refractivity contribution in [1.29, 1.82) is 0 Å². The minimum Gasteiger partial charge on any atom is -0.361 e. The zero-order chi connectivity index (χ0) is 23.9. The fourth-order valence-corrected chi connectivity index (χ4v) is 5.67. The summed E-state index contributed by atoms with van der Waals surface area (Å²) in [6.07, 6.45) is 3.98. The number of hydrogen-bond acceptors (Lipinski definition) is 2. The van der Waals surface area contributed by atoms with E-state index in [1.165, 1.54) is 30.3 Å². The van der Waals surface area contributed by atoms with Gasteiger partial charge in [-0.15, -0.1) is 0 Å². The van der Waals surface area contributed by atoms with Crippen molar-refractivity contribution in [3.63, 3.8) is 0 Å². The minimum absolute atomic E-state index is 0.00776. The van der Waals surface area contributed by atoms with E-state index in [0.717, 1.165) is 54.5 Å². The largest absolute Gasteiger partial charge is 0.361 e. The van der Waals surface area contributed by atoms with Crippen LogP contribution in [-0.2, 0) is 6.54 Å². The number of fused-ring (bicyclic) bond motifs is 4. The molecule has 178 valence electrons. The third-order valence-corrected chi connectivity index (χ3v) is 7.65. The Morgan fingerprint density at radius 3 is 2.43 bits per heavy atom. The van der Waals surface area contributed by atoms with Crippen molar-refractivity contribution in [1.82, 2.24) is 14.8 Å². The number of carbonyl (C=O) groups is 1. The third kappa shape index (κ3) is 4.23. The Bertz CT molecular complexity index is 1370. The van der Waals surface area contributed by atoms with Gasteiger partial charge in [-0.3, -0.25) is 4.79 Å². The molecule has 6 heteroatoms. The van der Waals surface area contributed by atoms with Crippen LogP contribution in [0.5, 0.6) is 0 Å². The molecule has 3 aliphatic rings. The molecule has 0 saturated carbocycles. The molecule has 3 aromatic carbocycles. The van der Waals surface area contributed by atoms with E-state index in [2.05, 4.69) is 16.0 Å². The van der Waals surface area contributed by atoms with Crippen molar-refractivity contribution in [2.24, 2.45) is 5.92 Å². The number of hydrogen-bond donors (Lipinski definition) is 1. The number of carbonyl (C=O) groups excluding carboxylic acids is 1. The molecule has 4 aromatic rings. The average molecular weight is 472 g/mol. The monoisotopic (exact) mass is 471 g/mol. The fourth-order valence-electron chi connectivity index (χ4n) is 5.67. The number of aromatic amines is 1. The lowest BCUT2D eigenvalue weighted by atomic mass is 9.82. The fraction of sp³-hybridized carbons (Fsp3) is 0.276. The maximum Gasteiger partial charge on any atom is 0.254 e. The van der Waals surface area contributed by atoms with E-state index in [0.29, 0.717) is 17.0 Å². The van der Waals surface area contributed by atoms with Crippen molar-refractivity contribution in [2.75, 3.05) is 19.6 Å². The van der Waals surface area contributed by atoms with Gasteiger partial charge in [-0.05, 0) is 96.9 Å². The van der Waals surface area contributed by atoms with E-state index >= 15 is 4.39 Å². The molecule has 1 N–H and O–H groups in total. The zero-order valence-electron chi connectivity index (χ0n) is 19.4. The van der Waals surface area contributed by atoms with Gasteiger partial charge in [0.2, 0.25) is 0 Å². The molecule has 3 saturated heterocycles. The van der Waals surface area contributed by atoms with Crippen molar-refractivity contribution in [3.05, 3.63) is 95.7 Å². The van der Waals surface area contributed by atoms with Crippen molar-refractivity contribution >= 4 is 16.8 Å². The highest BCUT2D eigenvalue weighted by Gasteiger charge is 2.39. The van der Waals surface area contributed by atoms with E-state index in [4.69, 9.17) is 0 Å². The summed E-state index contributed by atoms with van der Waals surface area (Å²) in [5, 5.41) is 1.12. The van der Waals surface area contributed by atoms with Crippen LogP contribution in [0.15, 0.2) is 72.9 Å². The lowest BCUT2D eigenvalue weighted by Gasteiger charge is -2.49. The summed E-state index contributed by atoms with van der Waals surface area (Å²) < 4.78 is 28.6. The number of nitrogens with zero attached hydrogens (tertiary/aromatic N) is 2. The van der Waals surface area contributed by atoms with Crippen LogP contribution in [0.2, 0.25) is 0 Å². The van der Waals surface area contributed by atoms with E-state index < -0.39 is 0 Å².